The van der Waals surface area contributed by atoms with Crippen LogP contribution in [0.15, 0.2) is 24.3 Å². The van der Waals surface area contributed by atoms with Crippen molar-refractivity contribution in [2.45, 2.75) is 19.9 Å². The van der Waals surface area contributed by atoms with Crippen molar-refractivity contribution in [3.63, 3.8) is 0 Å². The fourth-order valence-corrected chi connectivity index (χ4v) is 1.28. The minimum absolute atomic E-state index is 0.477. The Morgan fingerprint density at radius 3 is 2.33 bits per heavy atom. The van der Waals surface area contributed by atoms with E-state index >= 15 is 0 Å². The summed E-state index contributed by atoms with van der Waals surface area (Å²) in [5.74, 6) is 0. The van der Waals surface area contributed by atoms with Crippen LogP contribution in [0.25, 0.3) is 0 Å². The zero-order valence-corrected chi connectivity index (χ0v) is 8.47. The van der Waals surface area contributed by atoms with Crippen molar-refractivity contribution in [3.8, 4) is 0 Å². The van der Waals surface area contributed by atoms with Gasteiger partial charge in [-0.25, -0.2) is 0 Å². The summed E-state index contributed by atoms with van der Waals surface area (Å²) in [5.41, 5.74) is 1.09. The van der Waals surface area contributed by atoms with Crippen LogP contribution in [-0.2, 0) is 0 Å². The molecule has 66 valence electrons. The summed E-state index contributed by atoms with van der Waals surface area (Å²) < 4.78 is 0. The van der Waals surface area contributed by atoms with Gasteiger partial charge in [-0.1, -0.05) is 23.7 Å². The van der Waals surface area contributed by atoms with E-state index in [1.807, 2.05) is 31.3 Å². The van der Waals surface area contributed by atoms with Crippen molar-refractivity contribution < 1.29 is 0 Å². The molecule has 0 aliphatic heterocycles. The summed E-state index contributed by atoms with van der Waals surface area (Å²) in [6, 6.07) is 8.36. The molecule has 0 fully saturated rings. The van der Waals surface area contributed by atoms with Gasteiger partial charge in [0.2, 0.25) is 0 Å². The third-order valence-electron chi connectivity index (χ3n) is 2.01. The Kier molecular flexibility index (Phi) is 2.99. The Hall–Kier alpha value is -0.690. The van der Waals surface area contributed by atoms with E-state index in [4.69, 9.17) is 11.6 Å². The van der Waals surface area contributed by atoms with E-state index in [-0.39, 0.29) is 0 Å². The molecule has 0 amide bonds. The fourth-order valence-electron chi connectivity index (χ4n) is 1.02. The lowest BCUT2D eigenvalue weighted by Crippen LogP contribution is -2.25. The summed E-state index contributed by atoms with van der Waals surface area (Å²) in [7, 11) is 2.05. The molecular formula is C10H14ClN. The molecular weight excluding hydrogens is 170 g/mol. The van der Waals surface area contributed by atoms with E-state index in [1.165, 1.54) is 0 Å². The molecule has 0 aromatic heterocycles. The maximum absolute atomic E-state index is 6.02. The van der Waals surface area contributed by atoms with Gasteiger partial charge >= 0.3 is 0 Å². The molecule has 0 atom stereocenters. The molecule has 0 aliphatic rings. The van der Waals surface area contributed by atoms with Crippen LogP contribution in [0.4, 0.5) is 5.69 Å². The minimum Gasteiger partial charge on any atom is -0.371 e. The first kappa shape index (κ1) is 9.40. The topological polar surface area (TPSA) is 3.24 Å². The summed E-state index contributed by atoms with van der Waals surface area (Å²) in [5, 5.41) is 0.814. The van der Waals surface area contributed by atoms with Crippen LogP contribution in [0.2, 0.25) is 5.02 Å². The highest BCUT2D eigenvalue weighted by molar-refractivity contribution is 6.33. The van der Waals surface area contributed by atoms with Crippen LogP contribution >= 0.6 is 11.6 Å². The maximum Gasteiger partial charge on any atom is 0.0639 e. The summed E-state index contributed by atoms with van der Waals surface area (Å²) >= 11 is 6.02. The van der Waals surface area contributed by atoms with Crippen LogP contribution in [0.1, 0.15) is 13.8 Å². The number of benzene rings is 1. The minimum atomic E-state index is 0.477. The Balaban J connectivity index is 2.94. The van der Waals surface area contributed by atoms with Crippen molar-refractivity contribution in [1.29, 1.82) is 0 Å². The number of nitrogens with zero attached hydrogens (tertiary/aromatic N) is 1. The average molecular weight is 184 g/mol. The smallest absolute Gasteiger partial charge is 0.0639 e. The lowest BCUT2D eigenvalue weighted by Gasteiger charge is -2.24. The zero-order chi connectivity index (χ0) is 9.14. The number of para-hydroxylation sites is 1. The van der Waals surface area contributed by atoms with Gasteiger partial charge in [0, 0.05) is 13.1 Å². The summed E-state index contributed by atoms with van der Waals surface area (Å²) in [4.78, 5) is 2.16. The Morgan fingerprint density at radius 1 is 1.25 bits per heavy atom. The molecule has 0 heterocycles. The number of anilines is 1. The average Bonchev–Trinajstić information content (AvgIpc) is 2.04. The molecule has 0 N–H and O–H groups in total. The lowest BCUT2D eigenvalue weighted by molar-refractivity contribution is 0.755. The molecule has 0 saturated heterocycles. The number of hydrogen-bond donors (Lipinski definition) is 0. The molecule has 1 rings (SSSR count). The molecule has 2 heteroatoms. The second-order valence-corrected chi connectivity index (χ2v) is 3.56. The molecule has 0 unspecified atom stereocenters. The highest BCUT2D eigenvalue weighted by atomic mass is 35.5. The number of halogens is 1. The van der Waals surface area contributed by atoms with Gasteiger partial charge in [0.1, 0.15) is 0 Å². The highest BCUT2D eigenvalue weighted by Gasteiger charge is 2.06. The van der Waals surface area contributed by atoms with Crippen LogP contribution in [-0.4, -0.2) is 13.1 Å². The largest absolute Gasteiger partial charge is 0.371 e. The van der Waals surface area contributed by atoms with E-state index in [0.717, 1.165) is 10.7 Å². The molecule has 0 bridgehead atoms. The van der Waals surface area contributed by atoms with Gasteiger partial charge in [0.25, 0.3) is 0 Å². The molecule has 0 saturated carbocycles. The lowest BCUT2D eigenvalue weighted by atomic mass is 10.2. The van der Waals surface area contributed by atoms with Crippen LogP contribution in [0, 0.1) is 0 Å². The Labute approximate surface area is 79.0 Å². The standard InChI is InChI=1S/C10H14ClN/c1-8(2)12(3)10-7-5-4-6-9(10)11/h4-8H,1-3H3. The highest BCUT2D eigenvalue weighted by Crippen LogP contribution is 2.25. The predicted molar refractivity (Wildman–Crippen MR) is 55.0 cm³/mol. The van der Waals surface area contributed by atoms with E-state index < -0.39 is 0 Å². The van der Waals surface area contributed by atoms with Gasteiger partial charge in [-0.05, 0) is 26.0 Å². The monoisotopic (exact) mass is 183 g/mol. The number of rotatable bonds is 2. The normalized spacial score (nSPS) is 10.4. The van der Waals surface area contributed by atoms with Gasteiger partial charge in [0.05, 0.1) is 10.7 Å². The van der Waals surface area contributed by atoms with Gasteiger partial charge in [-0.3, -0.25) is 0 Å². The molecule has 12 heavy (non-hydrogen) atoms. The van der Waals surface area contributed by atoms with Crippen molar-refractivity contribution in [2.24, 2.45) is 0 Å². The second kappa shape index (κ2) is 3.81. The van der Waals surface area contributed by atoms with E-state index in [0.29, 0.717) is 6.04 Å². The SMILES string of the molecule is CC(C)N(C)c1ccccc1Cl. The van der Waals surface area contributed by atoms with Crippen LogP contribution in [0.3, 0.4) is 0 Å². The third-order valence-corrected chi connectivity index (χ3v) is 2.33. The van der Waals surface area contributed by atoms with Gasteiger partial charge in [-0.2, -0.15) is 0 Å². The van der Waals surface area contributed by atoms with Crippen LogP contribution in [0.5, 0.6) is 0 Å². The fraction of sp³-hybridized carbons (Fsp3) is 0.400. The molecule has 0 radical (unpaired) electrons. The van der Waals surface area contributed by atoms with Gasteiger partial charge < -0.3 is 4.90 Å². The van der Waals surface area contributed by atoms with Crippen molar-refractivity contribution in [2.75, 3.05) is 11.9 Å². The van der Waals surface area contributed by atoms with Gasteiger partial charge in [0.15, 0.2) is 0 Å². The summed E-state index contributed by atoms with van der Waals surface area (Å²) in [6.45, 7) is 4.28. The van der Waals surface area contributed by atoms with Crippen molar-refractivity contribution >= 4 is 17.3 Å². The van der Waals surface area contributed by atoms with E-state index in [2.05, 4.69) is 18.7 Å². The molecule has 0 spiro atoms. The quantitative estimate of drug-likeness (QED) is 0.681. The van der Waals surface area contributed by atoms with Crippen molar-refractivity contribution in [1.82, 2.24) is 0 Å². The second-order valence-electron chi connectivity index (χ2n) is 3.16. The zero-order valence-electron chi connectivity index (χ0n) is 7.71. The molecule has 0 aliphatic carbocycles. The maximum atomic E-state index is 6.02. The Bertz CT molecular complexity index is 258. The first-order valence-corrected chi connectivity index (χ1v) is 4.48. The van der Waals surface area contributed by atoms with E-state index in [9.17, 15) is 0 Å². The molecule has 1 nitrogen and oxygen atoms in total. The first-order chi connectivity index (χ1) is 5.63. The van der Waals surface area contributed by atoms with Gasteiger partial charge in [-0.15, -0.1) is 0 Å². The third kappa shape index (κ3) is 1.92. The van der Waals surface area contributed by atoms with Crippen LogP contribution < -0.4 is 4.90 Å². The molecule has 1 aromatic rings. The predicted octanol–water partition coefficient (Wildman–Crippen LogP) is 3.18. The first-order valence-electron chi connectivity index (χ1n) is 4.10. The van der Waals surface area contributed by atoms with Crippen molar-refractivity contribution in [3.05, 3.63) is 29.3 Å². The number of hydrogen-bond acceptors (Lipinski definition) is 1. The summed E-state index contributed by atoms with van der Waals surface area (Å²) in [6.07, 6.45) is 0. The Morgan fingerprint density at radius 2 is 1.83 bits per heavy atom. The van der Waals surface area contributed by atoms with E-state index in [1.54, 1.807) is 0 Å². The molecule has 1 aromatic carbocycles.